The van der Waals surface area contributed by atoms with Gasteiger partial charge in [-0.1, -0.05) is 0 Å². The molecule has 1 aliphatic rings. The predicted molar refractivity (Wildman–Crippen MR) is 71.2 cm³/mol. The first-order chi connectivity index (χ1) is 9.63. The van der Waals surface area contributed by atoms with E-state index in [0.717, 1.165) is 16.1 Å². The zero-order chi connectivity index (χ0) is 14.1. The lowest BCUT2D eigenvalue weighted by atomic mass is 10.2. The van der Waals surface area contributed by atoms with Gasteiger partial charge in [-0.2, -0.15) is 10.2 Å². The van der Waals surface area contributed by atoms with E-state index in [0.29, 0.717) is 12.5 Å². The van der Waals surface area contributed by atoms with E-state index in [1.807, 2.05) is 6.07 Å². The van der Waals surface area contributed by atoms with Crippen LogP contribution in [0.4, 0.5) is 0 Å². The number of carbonyl (C=O) groups excluding carboxylic acids is 1. The third-order valence-corrected chi connectivity index (χ3v) is 3.28. The molecule has 104 valence electrons. The highest BCUT2D eigenvalue weighted by Crippen LogP contribution is 2.38. The summed E-state index contributed by atoms with van der Waals surface area (Å²) in [5, 5.41) is 13.8. The first-order valence-corrected chi connectivity index (χ1v) is 6.50. The molecule has 0 aliphatic heterocycles. The van der Waals surface area contributed by atoms with Crippen LogP contribution in [-0.2, 0) is 13.6 Å². The van der Waals surface area contributed by atoms with E-state index >= 15 is 0 Å². The fourth-order valence-electron chi connectivity index (χ4n) is 1.95. The molecule has 0 bridgehead atoms. The minimum absolute atomic E-state index is 0.217. The summed E-state index contributed by atoms with van der Waals surface area (Å²) in [6.07, 6.45) is 2.39. The van der Waals surface area contributed by atoms with Crippen molar-refractivity contribution in [2.45, 2.75) is 25.3 Å². The smallest absolute Gasteiger partial charge is 0.272 e. The van der Waals surface area contributed by atoms with Crippen LogP contribution in [0.25, 0.3) is 0 Å². The minimum Gasteiger partial charge on any atom is -0.345 e. The normalized spacial score (nSPS) is 14.2. The molecule has 20 heavy (non-hydrogen) atoms. The number of rotatable bonds is 4. The number of aromatic nitrogens is 4. The third kappa shape index (κ3) is 2.61. The van der Waals surface area contributed by atoms with Crippen molar-refractivity contribution in [2.24, 2.45) is 7.05 Å². The second kappa shape index (κ2) is 4.92. The average Bonchev–Trinajstić information content (AvgIpc) is 3.18. The van der Waals surface area contributed by atoms with Crippen LogP contribution < -0.4 is 10.9 Å². The summed E-state index contributed by atoms with van der Waals surface area (Å²) in [6.45, 7) is 0.364. The van der Waals surface area contributed by atoms with E-state index in [2.05, 4.69) is 20.6 Å². The summed E-state index contributed by atoms with van der Waals surface area (Å²) < 4.78 is 1.14. The molecule has 2 aromatic heterocycles. The number of nitrogens with zero attached hydrogens (tertiary/aromatic N) is 3. The Morgan fingerprint density at radius 1 is 1.50 bits per heavy atom. The second-order valence-electron chi connectivity index (χ2n) is 4.96. The molecule has 7 heteroatoms. The van der Waals surface area contributed by atoms with Crippen LogP contribution >= 0.6 is 0 Å². The van der Waals surface area contributed by atoms with Gasteiger partial charge in [0, 0.05) is 19.0 Å². The van der Waals surface area contributed by atoms with Crippen molar-refractivity contribution in [3.05, 3.63) is 45.6 Å². The fourth-order valence-corrected chi connectivity index (χ4v) is 1.95. The summed E-state index contributed by atoms with van der Waals surface area (Å²) in [5.74, 6) is 0.268. The number of amides is 1. The molecule has 1 aliphatic carbocycles. The van der Waals surface area contributed by atoms with Gasteiger partial charge in [0.25, 0.3) is 11.5 Å². The summed E-state index contributed by atoms with van der Waals surface area (Å²) >= 11 is 0. The number of carbonyl (C=O) groups is 1. The zero-order valence-corrected chi connectivity index (χ0v) is 11.1. The quantitative estimate of drug-likeness (QED) is 0.838. The summed E-state index contributed by atoms with van der Waals surface area (Å²) in [4.78, 5) is 23.1. The molecule has 0 spiro atoms. The van der Waals surface area contributed by atoms with E-state index < -0.39 is 0 Å². The van der Waals surface area contributed by atoms with Crippen molar-refractivity contribution >= 4 is 5.91 Å². The lowest BCUT2D eigenvalue weighted by Crippen LogP contribution is -2.28. The molecule has 3 rings (SSSR count). The zero-order valence-electron chi connectivity index (χ0n) is 11.1. The predicted octanol–water partition coefficient (Wildman–Crippen LogP) is 0.311. The molecular formula is C13H15N5O2. The maximum absolute atomic E-state index is 11.9. The maximum atomic E-state index is 11.9. The molecular weight excluding hydrogens is 258 g/mol. The van der Waals surface area contributed by atoms with Crippen molar-refractivity contribution < 1.29 is 4.79 Å². The topological polar surface area (TPSA) is 92.7 Å². The highest BCUT2D eigenvalue weighted by atomic mass is 16.2. The molecule has 0 radical (unpaired) electrons. The minimum atomic E-state index is -0.317. The number of hydrogen-bond donors (Lipinski definition) is 2. The van der Waals surface area contributed by atoms with Gasteiger partial charge in [0.05, 0.1) is 17.9 Å². The molecule has 1 saturated carbocycles. The van der Waals surface area contributed by atoms with Gasteiger partial charge in [-0.3, -0.25) is 14.7 Å². The molecule has 2 N–H and O–H groups in total. The first kappa shape index (κ1) is 12.6. The maximum Gasteiger partial charge on any atom is 0.272 e. The number of H-pyrrole nitrogens is 1. The third-order valence-electron chi connectivity index (χ3n) is 3.28. The number of aromatic amines is 1. The average molecular weight is 273 g/mol. The summed E-state index contributed by atoms with van der Waals surface area (Å²) in [7, 11) is 1.51. The van der Waals surface area contributed by atoms with Crippen molar-refractivity contribution in [1.82, 2.24) is 25.3 Å². The highest BCUT2D eigenvalue weighted by molar-refractivity contribution is 5.91. The van der Waals surface area contributed by atoms with Gasteiger partial charge < -0.3 is 5.32 Å². The van der Waals surface area contributed by atoms with Gasteiger partial charge in [-0.05, 0) is 25.0 Å². The van der Waals surface area contributed by atoms with Gasteiger partial charge in [-0.15, -0.1) is 0 Å². The highest BCUT2D eigenvalue weighted by Gasteiger charge is 2.26. The summed E-state index contributed by atoms with van der Waals surface area (Å²) in [6, 6.07) is 4.72. The standard InChI is InChI=1S/C13H15N5O2/c1-18-12(19)5-4-10(17-18)13(20)14-7-9-6-11(16-15-9)8-2-3-8/h4-6,8H,2-3,7H2,1H3,(H,14,20)(H,15,16). The van der Waals surface area contributed by atoms with Crippen LogP contribution in [0, 0.1) is 0 Å². The molecule has 0 unspecified atom stereocenters. The molecule has 0 saturated heterocycles. The van der Waals surface area contributed by atoms with Gasteiger partial charge in [0.15, 0.2) is 0 Å². The Morgan fingerprint density at radius 2 is 2.30 bits per heavy atom. The van der Waals surface area contributed by atoms with Gasteiger partial charge in [-0.25, -0.2) is 4.68 Å². The van der Waals surface area contributed by atoms with E-state index in [1.54, 1.807) is 0 Å². The lowest BCUT2D eigenvalue weighted by molar-refractivity contribution is 0.0943. The number of hydrogen-bond acceptors (Lipinski definition) is 4. The summed E-state index contributed by atoms with van der Waals surface area (Å²) in [5.41, 5.74) is 1.90. The van der Waals surface area contributed by atoms with Crippen LogP contribution in [0.3, 0.4) is 0 Å². The van der Waals surface area contributed by atoms with E-state index in [1.165, 1.54) is 32.0 Å². The molecule has 1 fully saturated rings. The Morgan fingerprint density at radius 3 is 3.00 bits per heavy atom. The molecule has 7 nitrogen and oxygen atoms in total. The second-order valence-corrected chi connectivity index (χ2v) is 4.96. The van der Waals surface area contributed by atoms with Gasteiger partial charge in [0.2, 0.25) is 0 Å². The molecule has 0 atom stereocenters. The van der Waals surface area contributed by atoms with E-state index in [4.69, 9.17) is 0 Å². The van der Waals surface area contributed by atoms with E-state index in [9.17, 15) is 9.59 Å². The van der Waals surface area contributed by atoms with Crippen LogP contribution in [-0.4, -0.2) is 25.9 Å². The van der Waals surface area contributed by atoms with Crippen LogP contribution in [0.2, 0.25) is 0 Å². The van der Waals surface area contributed by atoms with E-state index in [-0.39, 0.29) is 17.2 Å². The first-order valence-electron chi connectivity index (χ1n) is 6.50. The molecule has 1 amide bonds. The van der Waals surface area contributed by atoms with Crippen molar-refractivity contribution in [1.29, 1.82) is 0 Å². The van der Waals surface area contributed by atoms with Crippen molar-refractivity contribution in [3.8, 4) is 0 Å². The Balaban J connectivity index is 1.63. The molecule has 0 aromatic carbocycles. The monoisotopic (exact) mass is 273 g/mol. The number of aryl methyl sites for hydroxylation is 1. The molecule has 2 heterocycles. The largest absolute Gasteiger partial charge is 0.345 e. The number of nitrogens with one attached hydrogen (secondary N) is 2. The van der Waals surface area contributed by atoms with Gasteiger partial charge >= 0.3 is 0 Å². The molecule has 2 aromatic rings. The SMILES string of the molecule is Cn1nc(C(=O)NCc2cc(C3CC3)n[nH]2)ccc1=O. The Kier molecular flexibility index (Phi) is 3.09. The Hall–Kier alpha value is -2.44. The van der Waals surface area contributed by atoms with Crippen molar-refractivity contribution in [2.75, 3.05) is 0 Å². The van der Waals surface area contributed by atoms with Crippen LogP contribution in [0.5, 0.6) is 0 Å². The van der Waals surface area contributed by atoms with Crippen molar-refractivity contribution in [3.63, 3.8) is 0 Å². The fraction of sp³-hybridized carbons (Fsp3) is 0.385. The van der Waals surface area contributed by atoms with Crippen LogP contribution in [0.15, 0.2) is 23.0 Å². The lowest BCUT2D eigenvalue weighted by Gasteiger charge is -2.03. The van der Waals surface area contributed by atoms with Gasteiger partial charge in [0.1, 0.15) is 5.69 Å². The van der Waals surface area contributed by atoms with Crippen LogP contribution in [0.1, 0.15) is 40.6 Å². The Labute approximate surface area is 115 Å². The Bertz CT molecular complexity index is 699.